The van der Waals surface area contributed by atoms with Crippen LogP contribution in [0.25, 0.3) is 0 Å². The molecule has 0 aliphatic rings. The fraction of sp³-hybridized carbons (Fsp3) is 0.538. The molecule has 0 fully saturated rings. The molecule has 15 heavy (non-hydrogen) atoms. The molecule has 0 amide bonds. The Morgan fingerprint density at radius 1 is 1.27 bits per heavy atom. The van der Waals surface area contributed by atoms with E-state index in [0.29, 0.717) is 6.04 Å². The van der Waals surface area contributed by atoms with Gasteiger partial charge in [-0.15, -0.1) is 0 Å². The first-order chi connectivity index (χ1) is 7.27. The zero-order valence-electron chi connectivity index (χ0n) is 9.59. The van der Waals surface area contributed by atoms with Crippen LogP contribution in [0.15, 0.2) is 24.3 Å². The summed E-state index contributed by atoms with van der Waals surface area (Å²) in [7, 11) is 0. The Morgan fingerprint density at radius 2 is 2.00 bits per heavy atom. The Morgan fingerprint density at radius 3 is 2.60 bits per heavy atom. The zero-order valence-corrected chi connectivity index (χ0v) is 10.3. The summed E-state index contributed by atoms with van der Waals surface area (Å²) in [4.78, 5) is 0. The van der Waals surface area contributed by atoms with E-state index in [0.717, 1.165) is 11.6 Å². The predicted molar refractivity (Wildman–Crippen MR) is 67.3 cm³/mol. The van der Waals surface area contributed by atoms with E-state index >= 15 is 0 Å². The molecule has 1 rings (SSSR count). The number of benzene rings is 1. The number of hydrogen-bond acceptors (Lipinski definition) is 1. The number of rotatable bonds is 6. The number of nitrogens with one attached hydrogen (secondary N) is 1. The molecule has 1 aromatic carbocycles. The summed E-state index contributed by atoms with van der Waals surface area (Å²) in [5, 5.41) is 4.40. The minimum absolute atomic E-state index is 0.617. The average Bonchev–Trinajstić information content (AvgIpc) is 2.26. The van der Waals surface area contributed by atoms with E-state index in [4.69, 9.17) is 11.6 Å². The van der Waals surface area contributed by atoms with E-state index in [-0.39, 0.29) is 0 Å². The minimum Gasteiger partial charge on any atom is -0.310 e. The van der Waals surface area contributed by atoms with Gasteiger partial charge in [-0.1, -0.05) is 50.1 Å². The second kappa shape index (κ2) is 6.86. The first-order valence-corrected chi connectivity index (χ1v) is 6.12. The van der Waals surface area contributed by atoms with E-state index in [2.05, 4.69) is 25.2 Å². The minimum atomic E-state index is 0.617. The maximum atomic E-state index is 6.09. The van der Waals surface area contributed by atoms with Crippen molar-refractivity contribution in [3.8, 4) is 0 Å². The van der Waals surface area contributed by atoms with Crippen LogP contribution in [0.4, 0.5) is 0 Å². The fourth-order valence-corrected chi connectivity index (χ4v) is 1.90. The highest BCUT2D eigenvalue weighted by molar-refractivity contribution is 6.31. The third-order valence-electron chi connectivity index (χ3n) is 2.67. The molecule has 1 atom stereocenters. The van der Waals surface area contributed by atoms with Gasteiger partial charge in [0.15, 0.2) is 0 Å². The predicted octanol–water partition coefficient (Wildman–Crippen LogP) is 4.01. The Balaban J connectivity index is 2.45. The van der Waals surface area contributed by atoms with Crippen LogP contribution in [-0.2, 0) is 6.54 Å². The molecule has 0 aliphatic heterocycles. The van der Waals surface area contributed by atoms with Crippen molar-refractivity contribution in [2.24, 2.45) is 0 Å². The van der Waals surface area contributed by atoms with E-state index in [9.17, 15) is 0 Å². The highest BCUT2D eigenvalue weighted by Gasteiger charge is 2.05. The van der Waals surface area contributed by atoms with Crippen molar-refractivity contribution in [2.75, 3.05) is 0 Å². The molecule has 2 heteroatoms. The van der Waals surface area contributed by atoms with Crippen LogP contribution in [0.2, 0.25) is 5.02 Å². The van der Waals surface area contributed by atoms with E-state index in [1.54, 1.807) is 0 Å². The number of halogens is 1. The van der Waals surface area contributed by atoms with Gasteiger partial charge < -0.3 is 5.32 Å². The fourth-order valence-electron chi connectivity index (χ4n) is 1.70. The van der Waals surface area contributed by atoms with Gasteiger partial charge in [-0.2, -0.15) is 0 Å². The van der Waals surface area contributed by atoms with Gasteiger partial charge in [-0.05, 0) is 24.5 Å². The molecule has 1 unspecified atom stereocenters. The molecule has 0 saturated heterocycles. The maximum absolute atomic E-state index is 6.09. The summed E-state index contributed by atoms with van der Waals surface area (Å²) in [5.41, 5.74) is 1.19. The molecule has 1 nitrogen and oxygen atoms in total. The van der Waals surface area contributed by atoms with E-state index in [1.165, 1.54) is 24.8 Å². The SMILES string of the molecule is CCCC(CC)NCc1ccccc1Cl. The molecule has 84 valence electrons. The van der Waals surface area contributed by atoms with E-state index in [1.807, 2.05) is 18.2 Å². The van der Waals surface area contributed by atoms with Gasteiger partial charge in [0.2, 0.25) is 0 Å². The largest absolute Gasteiger partial charge is 0.310 e. The molecule has 0 aromatic heterocycles. The molecular weight excluding hydrogens is 206 g/mol. The van der Waals surface area contributed by atoms with Gasteiger partial charge in [0, 0.05) is 17.6 Å². The van der Waals surface area contributed by atoms with Crippen LogP contribution in [0.5, 0.6) is 0 Å². The van der Waals surface area contributed by atoms with Crippen LogP contribution in [0, 0.1) is 0 Å². The van der Waals surface area contributed by atoms with Crippen molar-refractivity contribution in [3.05, 3.63) is 34.9 Å². The highest BCUT2D eigenvalue weighted by atomic mass is 35.5. The van der Waals surface area contributed by atoms with Crippen molar-refractivity contribution in [3.63, 3.8) is 0 Å². The van der Waals surface area contributed by atoms with Gasteiger partial charge in [-0.25, -0.2) is 0 Å². The number of hydrogen-bond donors (Lipinski definition) is 1. The Labute approximate surface area is 97.8 Å². The zero-order chi connectivity index (χ0) is 11.1. The van der Waals surface area contributed by atoms with E-state index < -0.39 is 0 Å². The molecule has 0 saturated carbocycles. The average molecular weight is 226 g/mol. The summed E-state index contributed by atoms with van der Waals surface area (Å²) in [6, 6.07) is 8.64. The van der Waals surface area contributed by atoms with Crippen molar-refractivity contribution < 1.29 is 0 Å². The molecule has 1 N–H and O–H groups in total. The molecule has 0 radical (unpaired) electrons. The van der Waals surface area contributed by atoms with Gasteiger partial charge >= 0.3 is 0 Å². The second-order valence-corrected chi connectivity index (χ2v) is 4.27. The first kappa shape index (κ1) is 12.5. The second-order valence-electron chi connectivity index (χ2n) is 3.87. The molecular formula is C13H20ClN. The van der Waals surface area contributed by atoms with Crippen molar-refractivity contribution >= 4 is 11.6 Å². The lowest BCUT2D eigenvalue weighted by atomic mass is 10.1. The van der Waals surface area contributed by atoms with Crippen LogP contribution < -0.4 is 5.32 Å². The van der Waals surface area contributed by atoms with Crippen LogP contribution in [-0.4, -0.2) is 6.04 Å². The summed E-state index contributed by atoms with van der Waals surface area (Å²) in [6.45, 7) is 5.32. The lowest BCUT2D eigenvalue weighted by Gasteiger charge is -2.16. The highest BCUT2D eigenvalue weighted by Crippen LogP contribution is 2.15. The Kier molecular flexibility index (Phi) is 5.74. The molecule has 0 bridgehead atoms. The smallest absolute Gasteiger partial charge is 0.0450 e. The monoisotopic (exact) mass is 225 g/mol. The summed E-state index contributed by atoms with van der Waals surface area (Å²) in [6.07, 6.45) is 3.65. The molecule has 0 aliphatic carbocycles. The lowest BCUT2D eigenvalue weighted by molar-refractivity contribution is 0.462. The van der Waals surface area contributed by atoms with Gasteiger partial charge in [-0.3, -0.25) is 0 Å². The van der Waals surface area contributed by atoms with Gasteiger partial charge in [0.1, 0.15) is 0 Å². The van der Waals surface area contributed by atoms with Crippen molar-refractivity contribution in [2.45, 2.75) is 45.7 Å². The van der Waals surface area contributed by atoms with Crippen molar-refractivity contribution in [1.29, 1.82) is 0 Å². The third-order valence-corrected chi connectivity index (χ3v) is 3.04. The van der Waals surface area contributed by atoms with Gasteiger partial charge in [0.25, 0.3) is 0 Å². The van der Waals surface area contributed by atoms with Crippen LogP contribution >= 0.6 is 11.6 Å². The standard InChI is InChI=1S/C13H20ClN/c1-3-7-12(4-2)15-10-11-8-5-6-9-13(11)14/h5-6,8-9,12,15H,3-4,7,10H2,1-2H3. The first-order valence-electron chi connectivity index (χ1n) is 5.74. The third kappa shape index (κ3) is 4.23. The normalized spacial score (nSPS) is 12.7. The molecule has 1 aromatic rings. The summed E-state index contributed by atoms with van der Waals surface area (Å²) in [5.74, 6) is 0. The van der Waals surface area contributed by atoms with Crippen LogP contribution in [0.1, 0.15) is 38.7 Å². The summed E-state index contributed by atoms with van der Waals surface area (Å²) < 4.78 is 0. The van der Waals surface area contributed by atoms with Gasteiger partial charge in [0.05, 0.1) is 0 Å². The molecule has 0 heterocycles. The van der Waals surface area contributed by atoms with Crippen molar-refractivity contribution in [1.82, 2.24) is 5.32 Å². The summed E-state index contributed by atoms with van der Waals surface area (Å²) >= 11 is 6.09. The Hall–Kier alpha value is -0.530. The quantitative estimate of drug-likeness (QED) is 0.772. The van der Waals surface area contributed by atoms with Crippen LogP contribution in [0.3, 0.4) is 0 Å². The maximum Gasteiger partial charge on any atom is 0.0450 e. The lowest BCUT2D eigenvalue weighted by Crippen LogP contribution is -2.27. The Bertz CT molecular complexity index is 286. The molecule has 0 spiro atoms. The topological polar surface area (TPSA) is 12.0 Å².